The minimum Gasteiger partial charge on any atom is -0.495 e. The number of hydrogen-bond donors (Lipinski definition) is 3. The molecule has 0 saturated heterocycles. The number of hydrogen-bond acceptors (Lipinski definition) is 4. The number of rotatable bonds is 5. The molecular formula is C18H18ClN3O4. The number of benzene rings is 2. The Balaban J connectivity index is 1.86. The van der Waals surface area contributed by atoms with Crippen LogP contribution in [0.25, 0.3) is 0 Å². The smallest absolute Gasteiger partial charge is 0.313 e. The van der Waals surface area contributed by atoms with Crippen LogP contribution >= 0.6 is 11.6 Å². The van der Waals surface area contributed by atoms with Crippen LogP contribution in [0.2, 0.25) is 5.02 Å². The van der Waals surface area contributed by atoms with Crippen LogP contribution in [-0.4, -0.2) is 31.4 Å². The Bertz CT molecular complexity index is 822. The van der Waals surface area contributed by atoms with Crippen LogP contribution < -0.4 is 20.7 Å². The van der Waals surface area contributed by atoms with Gasteiger partial charge in [0.15, 0.2) is 0 Å². The van der Waals surface area contributed by atoms with E-state index in [1.165, 1.54) is 13.2 Å². The number of methoxy groups -OCH3 is 1. The average molecular weight is 376 g/mol. The molecule has 0 saturated carbocycles. The normalized spacial score (nSPS) is 9.96. The van der Waals surface area contributed by atoms with E-state index < -0.39 is 17.7 Å². The van der Waals surface area contributed by atoms with Crippen molar-refractivity contribution in [2.75, 3.05) is 24.3 Å². The van der Waals surface area contributed by atoms with Crippen LogP contribution in [0, 0.1) is 6.92 Å². The van der Waals surface area contributed by atoms with Gasteiger partial charge in [0.1, 0.15) is 5.75 Å². The Labute approximate surface area is 155 Å². The zero-order valence-electron chi connectivity index (χ0n) is 14.3. The third-order valence-electron chi connectivity index (χ3n) is 3.36. The van der Waals surface area contributed by atoms with Crippen molar-refractivity contribution in [3.63, 3.8) is 0 Å². The second-order valence-corrected chi connectivity index (χ2v) is 5.83. The molecule has 2 aromatic rings. The van der Waals surface area contributed by atoms with Crippen LogP contribution in [0.5, 0.6) is 5.75 Å². The predicted molar refractivity (Wildman–Crippen MR) is 99.5 cm³/mol. The molecule has 26 heavy (non-hydrogen) atoms. The second kappa shape index (κ2) is 8.87. The summed E-state index contributed by atoms with van der Waals surface area (Å²) in [6.07, 6.45) is 0. The average Bonchev–Trinajstić information content (AvgIpc) is 2.61. The third kappa shape index (κ3) is 5.49. The molecule has 0 aliphatic rings. The first kappa shape index (κ1) is 19.3. The van der Waals surface area contributed by atoms with Crippen molar-refractivity contribution in [1.29, 1.82) is 0 Å². The Kier molecular flexibility index (Phi) is 6.57. The predicted octanol–water partition coefficient (Wildman–Crippen LogP) is 2.35. The summed E-state index contributed by atoms with van der Waals surface area (Å²) in [4.78, 5) is 35.6. The van der Waals surface area contributed by atoms with E-state index in [0.717, 1.165) is 5.56 Å². The summed E-state index contributed by atoms with van der Waals surface area (Å²) in [6.45, 7) is 1.53. The molecule has 0 spiro atoms. The van der Waals surface area contributed by atoms with Crippen LogP contribution in [0.4, 0.5) is 11.4 Å². The molecule has 3 amide bonds. The van der Waals surface area contributed by atoms with Gasteiger partial charge in [0.05, 0.1) is 19.3 Å². The molecule has 0 aliphatic heterocycles. The fraction of sp³-hybridized carbons (Fsp3) is 0.167. The molecule has 0 fully saturated rings. The molecule has 7 nitrogen and oxygen atoms in total. The Morgan fingerprint density at radius 2 is 1.69 bits per heavy atom. The molecule has 0 heterocycles. The van der Waals surface area contributed by atoms with E-state index in [4.69, 9.17) is 16.3 Å². The highest BCUT2D eigenvalue weighted by molar-refractivity contribution is 6.40. The molecule has 0 atom stereocenters. The standard InChI is InChI=1S/C18H18ClN3O4/c1-11-3-6-13(7-4-11)21-18(25)17(24)20-10-16(23)22-14-9-12(19)5-8-15(14)26-2/h3-9H,10H2,1-2H3,(H,20,24)(H,21,25)(H,22,23). The highest BCUT2D eigenvalue weighted by atomic mass is 35.5. The summed E-state index contributed by atoms with van der Waals surface area (Å²) in [6, 6.07) is 11.7. The topological polar surface area (TPSA) is 96.5 Å². The molecule has 3 N–H and O–H groups in total. The highest BCUT2D eigenvalue weighted by Crippen LogP contribution is 2.27. The Morgan fingerprint density at radius 3 is 2.35 bits per heavy atom. The van der Waals surface area contributed by atoms with Gasteiger partial charge in [0, 0.05) is 10.7 Å². The van der Waals surface area contributed by atoms with Gasteiger partial charge in [-0.1, -0.05) is 29.3 Å². The number of aryl methyl sites for hydroxylation is 1. The van der Waals surface area contributed by atoms with E-state index in [0.29, 0.717) is 22.1 Å². The maximum Gasteiger partial charge on any atom is 0.313 e. The van der Waals surface area contributed by atoms with Crippen LogP contribution in [-0.2, 0) is 14.4 Å². The molecule has 0 aromatic heterocycles. The van der Waals surface area contributed by atoms with Crippen molar-refractivity contribution in [2.45, 2.75) is 6.92 Å². The summed E-state index contributed by atoms with van der Waals surface area (Å²) >= 11 is 5.88. The third-order valence-corrected chi connectivity index (χ3v) is 3.60. The highest BCUT2D eigenvalue weighted by Gasteiger charge is 2.15. The summed E-state index contributed by atoms with van der Waals surface area (Å²) in [5.74, 6) is -1.88. The molecule has 2 aromatic carbocycles. The van der Waals surface area contributed by atoms with Gasteiger partial charge in [-0.05, 0) is 37.3 Å². The lowest BCUT2D eigenvalue weighted by Gasteiger charge is -2.11. The maximum atomic E-state index is 12.0. The quantitative estimate of drug-likeness (QED) is 0.699. The molecule has 0 aliphatic carbocycles. The van der Waals surface area contributed by atoms with Crippen LogP contribution in [0.1, 0.15) is 5.56 Å². The molecule has 136 valence electrons. The van der Waals surface area contributed by atoms with Crippen molar-refractivity contribution in [1.82, 2.24) is 5.32 Å². The van der Waals surface area contributed by atoms with E-state index in [1.54, 1.807) is 36.4 Å². The van der Waals surface area contributed by atoms with Crippen molar-refractivity contribution in [3.8, 4) is 5.75 Å². The molecule has 8 heteroatoms. The first-order valence-corrected chi connectivity index (χ1v) is 8.06. The maximum absolute atomic E-state index is 12.0. The van der Waals surface area contributed by atoms with E-state index in [2.05, 4.69) is 16.0 Å². The fourth-order valence-electron chi connectivity index (χ4n) is 2.04. The monoisotopic (exact) mass is 375 g/mol. The molecule has 2 rings (SSSR count). The number of carbonyl (C=O) groups excluding carboxylic acids is 3. The lowest BCUT2D eigenvalue weighted by Crippen LogP contribution is -2.39. The number of carbonyl (C=O) groups is 3. The molecular weight excluding hydrogens is 358 g/mol. The Morgan fingerprint density at radius 1 is 1.00 bits per heavy atom. The van der Waals surface area contributed by atoms with Gasteiger partial charge in [-0.15, -0.1) is 0 Å². The van der Waals surface area contributed by atoms with E-state index in [9.17, 15) is 14.4 Å². The number of anilines is 2. The number of ether oxygens (including phenoxy) is 1. The first-order valence-electron chi connectivity index (χ1n) is 7.68. The summed E-state index contributed by atoms with van der Waals surface area (Å²) in [5.41, 5.74) is 1.88. The van der Waals surface area contributed by atoms with Gasteiger partial charge in [-0.3, -0.25) is 14.4 Å². The van der Waals surface area contributed by atoms with Crippen LogP contribution in [0.3, 0.4) is 0 Å². The number of amides is 3. The van der Waals surface area contributed by atoms with Gasteiger partial charge in [-0.2, -0.15) is 0 Å². The van der Waals surface area contributed by atoms with E-state index in [1.807, 2.05) is 6.92 Å². The minimum atomic E-state index is -0.918. The molecule has 0 radical (unpaired) electrons. The van der Waals surface area contributed by atoms with Crippen LogP contribution in [0.15, 0.2) is 42.5 Å². The molecule has 0 unspecified atom stereocenters. The fourth-order valence-corrected chi connectivity index (χ4v) is 2.21. The first-order chi connectivity index (χ1) is 12.4. The largest absolute Gasteiger partial charge is 0.495 e. The summed E-state index contributed by atoms with van der Waals surface area (Å²) in [5, 5.41) is 7.67. The lowest BCUT2D eigenvalue weighted by molar-refractivity contribution is -0.136. The zero-order chi connectivity index (χ0) is 19.1. The minimum absolute atomic E-state index is 0.364. The summed E-state index contributed by atoms with van der Waals surface area (Å²) < 4.78 is 5.11. The van der Waals surface area contributed by atoms with Gasteiger partial charge in [0.2, 0.25) is 5.91 Å². The van der Waals surface area contributed by atoms with Crippen molar-refractivity contribution >= 4 is 40.7 Å². The summed E-state index contributed by atoms with van der Waals surface area (Å²) in [7, 11) is 1.45. The Hall–Kier alpha value is -3.06. The zero-order valence-corrected chi connectivity index (χ0v) is 15.0. The SMILES string of the molecule is COc1ccc(Cl)cc1NC(=O)CNC(=O)C(=O)Nc1ccc(C)cc1. The van der Waals surface area contributed by atoms with Crippen molar-refractivity contribution < 1.29 is 19.1 Å². The number of halogens is 1. The molecule has 0 bridgehead atoms. The lowest BCUT2D eigenvalue weighted by atomic mass is 10.2. The van der Waals surface area contributed by atoms with Crippen molar-refractivity contribution in [2.24, 2.45) is 0 Å². The van der Waals surface area contributed by atoms with Gasteiger partial charge < -0.3 is 20.7 Å². The van der Waals surface area contributed by atoms with E-state index >= 15 is 0 Å². The van der Waals surface area contributed by atoms with Gasteiger partial charge >= 0.3 is 11.8 Å². The van der Waals surface area contributed by atoms with Gasteiger partial charge in [0.25, 0.3) is 0 Å². The van der Waals surface area contributed by atoms with Crippen molar-refractivity contribution in [3.05, 3.63) is 53.1 Å². The van der Waals surface area contributed by atoms with Gasteiger partial charge in [-0.25, -0.2) is 0 Å². The number of nitrogens with one attached hydrogen (secondary N) is 3. The van der Waals surface area contributed by atoms with E-state index in [-0.39, 0.29) is 6.54 Å². The second-order valence-electron chi connectivity index (χ2n) is 5.40.